The number of carbonyl (C=O) groups is 1. The Labute approximate surface area is 197 Å². The molecule has 1 fully saturated rings. The molecule has 3 unspecified atom stereocenters. The van der Waals surface area contributed by atoms with E-state index in [1.807, 2.05) is 5.48 Å². The SMILES string of the molecule is CCOc1c(O)c(O)c(C(O)(O)c2cc(C3OC(CO)CC(=O)C3NO)ccc2Cl)c(O)c1O. The quantitative estimate of drug-likeness (QED) is 0.110. The molecule has 0 amide bonds. The molecule has 0 saturated carbocycles. The number of halogens is 1. The number of carbonyl (C=O) groups excluding carboxylic acids is 1. The predicted octanol–water partition coefficient (Wildman–Crippen LogP) is 0.486. The predicted molar refractivity (Wildman–Crippen MR) is 114 cm³/mol. The third kappa shape index (κ3) is 4.32. The van der Waals surface area contributed by atoms with Gasteiger partial charge in [-0.05, 0) is 24.6 Å². The van der Waals surface area contributed by atoms with E-state index >= 15 is 0 Å². The Morgan fingerprint density at radius 1 is 1.15 bits per heavy atom. The number of phenolic OH excluding ortho intramolecular Hbond substituents is 4. The molecule has 0 aliphatic carbocycles. The Bertz CT molecular complexity index is 1060. The second-order valence-corrected chi connectivity index (χ2v) is 7.99. The van der Waals surface area contributed by atoms with E-state index in [2.05, 4.69) is 0 Å². The third-order valence-electron chi connectivity index (χ3n) is 5.44. The molecule has 186 valence electrons. The fraction of sp³-hybridized carbons (Fsp3) is 0.381. The maximum atomic E-state index is 12.3. The van der Waals surface area contributed by atoms with Gasteiger partial charge in [0.25, 0.3) is 0 Å². The lowest BCUT2D eigenvalue weighted by Crippen LogP contribution is -2.48. The van der Waals surface area contributed by atoms with Crippen LogP contribution < -0.4 is 10.2 Å². The number of benzene rings is 2. The minimum atomic E-state index is -3.29. The molecule has 2 aromatic carbocycles. The molecule has 1 saturated heterocycles. The smallest absolute Gasteiger partial charge is 0.226 e. The lowest BCUT2D eigenvalue weighted by molar-refractivity contribution is -0.152. The molecule has 0 bridgehead atoms. The molecule has 0 radical (unpaired) electrons. The van der Waals surface area contributed by atoms with E-state index in [0.717, 1.165) is 6.07 Å². The highest BCUT2D eigenvalue weighted by molar-refractivity contribution is 6.31. The fourth-order valence-corrected chi connectivity index (χ4v) is 4.03. The first-order valence-corrected chi connectivity index (χ1v) is 10.4. The van der Waals surface area contributed by atoms with Gasteiger partial charge in [-0.2, -0.15) is 5.48 Å². The van der Waals surface area contributed by atoms with Crippen LogP contribution in [-0.2, 0) is 15.3 Å². The average molecular weight is 502 g/mol. The van der Waals surface area contributed by atoms with Crippen LogP contribution in [0.1, 0.15) is 36.1 Å². The number of rotatable bonds is 7. The average Bonchev–Trinajstić information content (AvgIpc) is 2.80. The van der Waals surface area contributed by atoms with Crippen molar-refractivity contribution in [1.29, 1.82) is 0 Å². The van der Waals surface area contributed by atoms with E-state index in [9.17, 15) is 45.7 Å². The summed E-state index contributed by atoms with van der Waals surface area (Å²) >= 11 is 6.14. The number of aromatic hydroxyl groups is 4. The van der Waals surface area contributed by atoms with Crippen molar-refractivity contribution in [3.05, 3.63) is 39.9 Å². The van der Waals surface area contributed by atoms with Gasteiger partial charge in [0, 0.05) is 17.0 Å². The lowest BCUT2D eigenvalue weighted by Gasteiger charge is -2.35. The number of hydrogen-bond acceptors (Lipinski definition) is 12. The summed E-state index contributed by atoms with van der Waals surface area (Å²) in [6, 6.07) is 2.36. The molecular weight excluding hydrogens is 478 g/mol. The van der Waals surface area contributed by atoms with Crippen molar-refractivity contribution in [3.63, 3.8) is 0 Å². The van der Waals surface area contributed by atoms with Crippen LogP contribution in [-0.4, -0.2) is 72.1 Å². The topological polar surface area (TPSA) is 209 Å². The minimum Gasteiger partial charge on any atom is -0.504 e. The summed E-state index contributed by atoms with van der Waals surface area (Å²) in [7, 11) is 0. The summed E-state index contributed by atoms with van der Waals surface area (Å²) in [5, 5.41) is 81.6. The summed E-state index contributed by atoms with van der Waals surface area (Å²) in [6.07, 6.45) is -2.26. The first kappa shape index (κ1) is 25.8. The number of phenols is 4. The molecule has 3 rings (SSSR count). The van der Waals surface area contributed by atoms with E-state index in [1.165, 1.54) is 19.1 Å². The zero-order valence-corrected chi connectivity index (χ0v) is 18.5. The van der Waals surface area contributed by atoms with Gasteiger partial charge in [0.15, 0.2) is 17.3 Å². The summed E-state index contributed by atoms with van der Waals surface area (Å²) in [6.45, 7) is 0.950. The van der Waals surface area contributed by atoms with E-state index in [-0.39, 0.29) is 23.6 Å². The molecule has 13 heteroatoms. The Balaban J connectivity index is 2.16. The Morgan fingerprint density at radius 2 is 1.76 bits per heavy atom. The van der Waals surface area contributed by atoms with Gasteiger partial charge in [0.2, 0.25) is 23.0 Å². The van der Waals surface area contributed by atoms with Crippen molar-refractivity contribution in [1.82, 2.24) is 5.48 Å². The van der Waals surface area contributed by atoms with Crippen molar-refractivity contribution < 1.29 is 55.2 Å². The first-order chi connectivity index (χ1) is 16.0. The maximum Gasteiger partial charge on any atom is 0.226 e. The van der Waals surface area contributed by atoms with Gasteiger partial charge in [-0.1, -0.05) is 17.7 Å². The van der Waals surface area contributed by atoms with Crippen molar-refractivity contribution in [2.75, 3.05) is 13.2 Å². The molecule has 34 heavy (non-hydrogen) atoms. The first-order valence-electron chi connectivity index (χ1n) is 10.1. The molecule has 12 nitrogen and oxygen atoms in total. The molecule has 9 N–H and O–H groups in total. The van der Waals surface area contributed by atoms with E-state index < -0.39 is 76.3 Å². The van der Waals surface area contributed by atoms with Crippen LogP contribution in [0.25, 0.3) is 0 Å². The standard InChI is InChI=1S/C21H24ClNO11/c1-2-33-20-17(28)15(26)13(16(27)18(20)29)21(30,31)10-5-8(3-4-11(10)22)19-14(23-32)12(25)6-9(7-24)34-19/h3-5,9,14,19,23-24,26-32H,2,6-7H2,1H3. The van der Waals surface area contributed by atoms with Crippen molar-refractivity contribution in [2.24, 2.45) is 0 Å². The fourth-order valence-electron chi connectivity index (χ4n) is 3.78. The van der Waals surface area contributed by atoms with Gasteiger partial charge in [0.1, 0.15) is 17.7 Å². The van der Waals surface area contributed by atoms with Crippen LogP contribution in [0.2, 0.25) is 5.02 Å². The van der Waals surface area contributed by atoms with Gasteiger partial charge in [-0.3, -0.25) is 4.79 Å². The van der Waals surface area contributed by atoms with E-state index in [0.29, 0.717) is 0 Å². The van der Waals surface area contributed by atoms with Gasteiger partial charge in [0.05, 0.1) is 19.3 Å². The van der Waals surface area contributed by atoms with Crippen LogP contribution in [0, 0.1) is 0 Å². The highest BCUT2D eigenvalue weighted by Crippen LogP contribution is 2.55. The Hall–Kier alpha value is -2.84. The van der Waals surface area contributed by atoms with Crippen LogP contribution in [0.3, 0.4) is 0 Å². The number of aliphatic hydroxyl groups excluding tert-OH is 1. The summed E-state index contributed by atoms with van der Waals surface area (Å²) < 4.78 is 10.6. The second-order valence-electron chi connectivity index (χ2n) is 7.58. The van der Waals surface area contributed by atoms with Crippen molar-refractivity contribution in [2.45, 2.75) is 37.4 Å². The van der Waals surface area contributed by atoms with Gasteiger partial charge < -0.3 is 50.4 Å². The maximum absolute atomic E-state index is 12.3. The molecule has 3 atom stereocenters. The lowest BCUT2D eigenvalue weighted by atomic mass is 9.89. The van der Waals surface area contributed by atoms with Crippen LogP contribution in [0.4, 0.5) is 0 Å². The Morgan fingerprint density at radius 3 is 2.29 bits per heavy atom. The molecule has 1 aliphatic heterocycles. The van der Waals surface area contributed by atoms with Crippen LogP contribution >= 0.6 is 11.6 Å². The largest absolute Gasteiger partial charge is 0.504 e. The van der Waals surface area contributed by atoms with Crippen molar-refractivity contribution in [3.8, 4) is 28.7 Å². The number of aliphatic hydroxyl groups is 3. The molecular formula is C21H24ClNO11. The van der Waals surface area contributed by atoms with Gasteiger partial charge in [-0.25, -0.2) is 0 Å². The monoisotopic (exact) mass is 501 g/mol. The van der Waals surface area contributed by atoms with E-state index in [1.54, 1.807) is 0 Å². The number of hydrogen-bond donors (Lipinski definition) is 9. The molecule has 1 heterocycles. The minimum absolute atomic E-state index is 0.0639. The highest BCUT2D eigenvalue weighted by Gasteiger charge is 2.43. The summed E-state index contributed by atoms with van der Waals surface area (Å²) in [5.74, 6) is -9.00. The number of ketones is 1. The molecule has 1 aliphatic rings. The zero-order valence-electron chi connectivity index (χ0n) is 17.8. The number of nitrogens with one attached hydrogen (secondary N) is 1. The van der Waals surface area contributed by atoms with Crippen LogP contribution in [0.5, 0.6) is 28.7 Å². The molecule has 0 aromatic heterocycles. The summed E-state index contributed by atoms with van der Waals surface area (Å²) in [5.41, 5.74) is 0.285. The van der Waals surface area contributed by atoms with E-state index in [4.69, 9.17) is 21.1 Å². The number of ether oxygens (including phenoxy) is 2. The zero-order chi connectivity index (χ0) is 25.4. The normalized spacial score (nSPS) is 21.0. The third-order valence-corrected chi connectivity index (χ3v) is 5.77. The second kappa shape index (κ2) is 9.80. The number of hydroxylamine groups is 1. The van der Waals surface area contributed by atoms with Gasteiger partial charge in [-0.15, -0.1) is 0 Å². The van der Waals surface area contributed by atoms with Crippen molar-refractivity contribution >= 4 is 17.4 Å². The molecule has 0 spiro atoms. The van der Waals surface area contributed by atoms with Crippen LogP contribution in [0.15, 0.2) is 18.2 Å². The summed E-state index contributed by atoms with van der Waals surface area (Å²) in [4.78, 5) is 12.3. The highest BCUT2D eigenvalue weighted by atomic mass is 35.5. The number of Topliss-reactive ketones (excluding diaryl/α,β-unsaturated/α-hetero) is 1. The Kier molecular flexibility index (Phi) is 7.43. The molecule has 2 aromatic rings. The van der Waals surface area contributed by atoms with Gasteiger partial charge >= 0.3 is 0 Å².